The maximum absolute atomic E-state index is 13.1. The molecule has 0 aliphatic carbocycles. The van der Waals surface area contributed by atoms with Crippen LogP contribution in [-0.2, 0) is 6.42 Å². The molecule has 0 fully saturated rings. The van der Waals surface area contributed by atoms with Crippen molar-refractivity contribution in [2.75, 3.05) is 18.1 Å². The first-order valence-electron chi connectivity index (χ1n) is 7.23. The predicted molar refractivity (Wildman–Crippen MR) is 84.5 cm³/mol. The summed E-state index contributed by atoms with van der Waals surface area (Å²) in [6.07, 6.45) is 3.36. The maximum atomic E-state index is 13.1. The van der Waals surface area contributed by atoms with Crippen molar-refractivity contribution >= 4 is 11.8 Å². The summed E-state index contributed by atoms with van der Waals surface area (Å²) in [5.41, 5.74) is 2.32. The third-order valence-electron chi connectivity index (χ3n) is 3.12. The van der Waals surface area contributed by atoms with Gasteiger partial charge >= 0.3 is 0 Å². The zero-order valence-corrected chi connectivity index (χ0v) is 13.2. The number of aryl methyl sites for hydroxylation is 1. The largest absolute Gasteiger partial charge is 0.313 e. The van der Waals surface area contributed by atoms with Crippen LogP contribution >= 0.6 is 11.8 Å². The quantitative estimate of drug-likeness (QED) is 0.682. The van der Waals surface area contributed by atoms with E-state index < -0.39 is 0 Å². The normalized spacial score (nSPS) is 12.6. The second kappa shape index (κ2) is 9.38. The van der Waals surface area contributed by atoms with Gasteiger partial charge in [0.05, 0.1) is 0 Å². The summed E-state index contributed by atoms with van der Waals surface area (Å²) in [4.78, 5) is 0. The first-order chi connectivity index (χ1) is 9.17. The molecule has 0 amide bonds. The molecule has 0 heterocycles. The van der Waals surface area contributed by atoms with Crippen LogP contribution in [0.15, 0.2) is 18.2 Å². The number of rotatable bonds is 9. The van der Waals surface area contributed by atoms with Gasteiger partial charge in [-0.1, -0.05) is 19.9 Å². The number of hydrogen-bond donors (Lipinski definition) is 1. The molecule has 0 spiro atoms. The van der Waals surface area contributed by atoms with Crippen LogP contribution in [0.4, 0.5) is 4.39 Å². The Hall–Kier alpha value is -0.540. The SMILES string of the molecule is CCCNC(CSCCC)Cc1ccc(F)cc1C. The fourth-order valence-electron chi connectivity index (χ4n) is 2.06. The van der Waals surface area contributed by atoms with Crippen molar-refractivity contribution in [3.63, 3.8) is 0 Å². The highest BCUT2D eigenvalue weighted by Gasteiger charge is 2.10. The zero-order chi connectivity index (χ0) is 14.1. The number of nitrogens with one attached hydrogen (secondary N) is 1. The molecule has 0 radical (unpaired) electrons. The molecule has 0 saturated carbocycles. The van der Waals surface area contributed by atoms with Crippen molar-refractivity contribution < 1.29 is 4.39 Å². The second-order valence-electron chi connectivity index (χ2n) is 5.00. The molecule has 0 saturated heterocycles. The van der Waals surface area contributed by atoms with E-state index in [1.807, 2.05) is 24.8 Å². The third-order valence-corrected chi connectivity index (χ3v) is 4.46. The Labute approximate surface area is 121 Å². The van der Waals surface area contributed by atoms with Crippen LogP contribution in [0, 0.1) is 12.7 Å². The van der Waals surface area contributed by atoms with Crippen LogP contribution in [0.5, 0.6) is 0 Å². The van der Waals surface area contributed by atoms with Crippen LogP contribution in [-0.4, -0.2) is 24.1 Å². The van der Waals surface area contributed by atoms with Crippen molar-refractivity contribution in [1.82, 2.24) is 5.32 Å². The summed E-state index contributed by atoms with van der Waals surface area (Å²) >= 11 is 2.00. The lowest BCUT2D eigenvalue weighted by Crippen LogP contribution is -2.34. The number of thioether (sulfide) groups is 1. The first kappa shape index (κ1) is 16.5. The number of benzene rings is 1. The first-order valence-corrected chi connectivity index (χ1v) is 8.39. The van der Waals surface area contributed by atoms with E-state index in [1.54, 1.807) is 12.1 Å². The molecule has 0 aromatic heterocycles. The van der Waals surface area contributed by atoms with Crippen molar-refractivity contribution in [3.8, 4) is 0 Å². The van der Waals surface area contributed by atoms with Crippen molar-refractivity contribution in [3.05, 3.63) is 35.1 Å². The highest BCUT2D eigenvalue weighted by Crippen LogP contribution is 2.15. The van der Waals surface area contributed by atoms with Gasteiger partial charge in [0.15, 0.2) is 0 Å². The minimum atomic E-state index is -0.139. The molecular weight excluding hydrogens is 257 g/mol. The Morgan fingerprint density at radius 2 is 2.05 bits per heavy atom. The average molecular weight is 283 g/mol. The molecule has 1 aromatic rings. The van der Waals surface area contributed by atoms with Gasteiger partial charge in [-0.3, -0.25) is 0 Å². The highest BCUT2D eigenvalue weighted by atomic mass is 32.2. The highest BCUT2D eigenvalue weighted by molar-refractivity contribution is 7.99. The molecule has 1 nitrogen and oxygen atoms in total. The van der Waals surface area contributed by atoms with Crippen molar-refractivity contribution in [2.45, 2.75) is 46.1 Å². The summed E-state index contributed by atoms with van der Waals surface area (Å²) in [6.45, 7) is 7.45. The van der Waals surface area contributed by atoms with E-state index in [0.717, 1.165) is 30.7 Å². The zero-order valence-electron chi connectivity index (χ0n) is 12.3. The predicted octanol–water partition coefficient (Wildman–Crippen LogP) is 4.19. The van der Waals surface area contributed by atoms with Gasteiger partial charge in [0.1, 0.15) is 5.82 Å². The summed E-state index contributed by atoms with van der Waals surface area (Å²) < 4.78 is 13.1. The monoisotopic (exact) mass is 283 g/mol. The molecular formula is C16H26FNS. The lowest BCUT2D eigenvalue weighted by molar-refractivity contribution is 0.548. The summed E-state index contributed by atoms with van der Waals surface area (Å²) in [7, 11) is 0. The fraction of sp³-hybridized carbons (Fsp3) is 0.625. The van der Waals surface area contributed by atoms with Crippen LogP contribution < -0.4 is 5.32 Å². The molecule has 0 bridgehead atoms. The van der Waals surface area contributed by atoms with E-state index >= 15 is 0 Å². The topological polar surface area (TPSA) is 12.0 Å². The van der Waals surface area contributed by atoms with Gasteiger partial charge < -0.3 is 5.32 Å². The molecule has 108 valence electrons. The Balaban J connectivity index is 2.58. The van der Waals surface area contributed by atoms with Gasteiger partial charge in [0.2, 0.25) is 0 Å². The van der Waals surface area contributed by atoms with Crippen LogP contribution in [0.2, 0.25) is 0 Å². The molecule has 19 heavy (non-hydrogen) atoms. The van der Waals surface area contributed by atoms with E-state index in [9.17, 15) is 4.39 Å². The fourth-order valence-corrected chi connectivity index (χ4v) is 3.04. The molecule has 3 heteroatoms. The van der Waals surface area contributed by atoms with Crippen molar-refractivity contribution in [2.24, 2.45) is 0 Å². The van der Waals surface area contributed by atoms with Gasteiger partial charge in [-0.05, 0) is 61.7 Å². The van der Waals surface area contributed by atoms with Crippen LogP contribution in [0.1, 0.15) is 37.8 Å². The van der Waals surface area contributed by atoms with Crippen molar-refractivity contribution in [1.29, 1.82) is 0 Å². The van der Waals surface area contributed by atoms with E-state index in [0.29, 0.717) is 6.04 Å². The van der Waals surface area contributed by atoms with Gasteiger partial charge in [0, 0.05) is 11.8 Å². The van der Waals surface area contributed by atoms with Gasteiger partial charge in [-0.2, -0.15) is 11.8 Å². The Kier molecular flexibility index (Phi) is 8.15. The lowest BCUT2D eigenvalue weighted by atomic mass is 10.0. The number of hydrogen-bond acceptors (Lipinski definition) is 2. The summed E-state index contributed by atoms with van der Waals surface area (Å²) in [5.74, 6) is 2.21. The minimum absolute atomic E-state index is 0.139. The molecule has 1 aromatic carbocycles. The maximum Gasteiger partial charge on any atom is 0.123 e. The molecule has 1 N–H and O–H groups in total. The van der Waals surface area contributed by atoms with Gasteiger partial charge in [0.25, 0.3) is 0 Å². The standard InChI is InChI=1S/C16H26FNS/c1-4-8-18-16(12-19-9-5-2)11-14-6-7-15(17)10-13(14)3/h6-7,10,16,18H,4-5,8-9,11-12H2,1-3H3. The molecule has 0 aliphatic rings. The minimum Gasteiger partial charge on any atom is -0.313 e. The van der Waals surface area contributed by atoms with Gasteiger partial charge in [-0.15, -0.1) is 0 Å². The molecule has 0 aliphatic heterocycles. The molecule has 1 unspecified atom stereocenters. The third kappa shape index (κ3) is 6.44. The lowest BCUT2D eigenvalue weighted by Gasteiger charge is -2.19. The molecule has 1 atom stereocenters. The van der Waals surface area contributed by atoms with Crippen LogP contribution in [0.3, 0.4) is 0 Å². The number of halogens is 1. The summed E-state index contributed by atoms with van der Waals surface area (Å²) in [5, 5.41) is 3.60. The van der Waals surface area contributed by atoms with Gasteiger partial charge in [-0.25, -0.2) is 4.39 Å². The van der Waals surface area contributed by atoms with E-state index in [2.05, 4.69) is 19.2 Å². The smallest absolute Gasteiger partial charge is 0.123 e. The Bertz CT molecular complexity index is 368. The second-order valence-corrected chi connectivity index (χ2v) is 6.15. The summed E-state index contributed by atoms with van der Waals surface area (Å²) in [6, 6.07) is 5.61. The Morgan fingerprint density at radius 1 is 1.26 bits per heavy atom. The molecule has 1 rings (SSSR count). The van der Waals surface area contributed by atoms with E-state index in [4.69, 9.17) is 0 Å². The Morgan fingerprint density at radius 3 is 2.68 bits per heavy atom. The average Bonchev–Trinajstić information content (AvgIpc) is 2.39. The van der Waals surface area contributed by atoms with Crippen LogP contribution in [0.25, 0.3) is 0 Å². The van der Waals surface area contributed by atoms with E-state index in [-0.39, 0.29) is 5.82 Å². The van der Waals surface area contributed by atoms with E-state index in [1.165, 1.54) is 17.7 Å².